The van der Waals surface area contributed by atoms with Crippen molar-refractivity contribution in [2.75, 3.05) is 0 Å². The summed E-state index contributed by atoms with van der Waals surface area (Å²) in [5.74, 6) is 0.846. The smallest absolute Gasteiger partial charge is 0.180 e. The molecule has 0 aliphatic carbocycles. The van der Waals surface area contributed by atoms with E-state index in [-0.39, 0.29) is 0 Å². The molecule has 0 amide bonds. The minimum atomic E-state index is 0.693. The third kappa shape index (κ3) is 2.40. The number of aromatic nitrogens is 2. The van der Waals surface area contributed by atoms with Gasteiger partial charge in [0.1, 0.15) is 10.8 Å². The maximum atomic E-state index is 5.09. The average Bonchev–Trinajstić information content (AvgIpc) is 2.77. The predicted octanol–water partition coefficient (Wildman–Crippen LogP) is 1.73. The largest absolute Gasteiger partial charge is 0.447 e. The lowest BCUT2D eigenvalue weighted by atomic mass is 10.5. The Morgan fingerprint density at radius 3 is 3.00 bits per heavy atom. The predicted molar refractivity (Wildman–Crippen MR) is 53.9 cm³/mol. The molecule has 0 bridgehead atoms. The zero-order chi connectivity index (χ0) is 9.80. The van der Waals surface area contributed by atoms with Crippen LogP contribution in [0.1, 0.15) is 15.6 Å². The van der Waals surface area contributed by atoms with E-state index >= 15 is 0 Å². The number of hydrogen-bond acceptors (Lipinski definition) is 5. The molecule has 1 N–H and O–H groups in total. The van der Waals surface area contributed by atoms with Gasteiger partial charge in [-0.15, -0.1) is 11.3 Å². The van der Waals surface area contributed by atoms with Gasteiger partial charge in [0.2, 0.25) is 0 Å². The van der Waals surface area contributed by atoms with E-state index in [1.165, 1.54) is 11.3 Å². The lowest BCUT2D eigenvalue weighted by Crippen LogP contribution is -2.11. The van der Waals surface area contributed by atoms with Crippen LogP contribution in [0.2, 0.25) is 0 Å². The van der Waals surface area contributed by atoms with Gasteiger partial charge in [-0.1, -0.05) is 0 Å². The van der Waals surface area contributed by atoms with E-state index in [1.807, 2.05) is 6.20 Å². The van der Waals surface area contributed by atoms with Crippen LogP contribution in [-0.4, -0.2) is 9.97 Å². The van der Waals surface area contributed by atoms with Crippen molar-refractivity contribution in [3.63, 3.8) is 0 Å². The quantitative estimate of drug-likeness (QED) is 0.833. The van der Waals surface area contributed by atoms with Gasteiger partial charge in [-0.2, -0.15) is 0 Å². The molecule has 2 aromatic heterocycles. The maximum absolute atomic E-state index is 5.09. The summed E-state index contributed by atoms with van der Waals surface area (Å²) in [6, 6.07) is 0. The fraction of sp³-hybridized carbons (Fsp3) is 0.333. The number of oxazole rings is 1. The number of thiazole rings is 1. The van der Waals surface area contributed by atoms with Crippen LogP contribution in [-0.2, 0) is 13.1 Å². The van der Waals surface area contributed by atoms with E-state index in [0.717, 1.165) is 17.3 Å². The first-order valence-corrected chi connectivity index (χ1v) is 5.15. The van der Waals surface area contributed by atoms with Crippen LogP contribution in [0.4, 0.5) is 0 Å². The van der Waals surface area contributed by atoms with Gasteiger partial charge in [-0.3, -0.25) is 0 Å². The van der Waals surface area contributed by atoms with Crippen molar-refractivity contribution in [1.82, 2.24) is 15.3 Å². The van der Waals surface area contributed by atoms with Crippen molar-refractivity contribution in [1.29, 1.82) is 0 Å². The van der Waals surface area contributed by atoms with Crippen molar-refractivity contribution in [2.24, 2.45) is 0 Å². The van der Waals surface area contributed by atoms with E-state index in [4.69, 9.17) is 4.42 Å². The molecule has 0 saturated carbocycles. The molecule has 0 spiro atoms. The van der Waals surface area contributed by atoms with Gasteiger partial charge in [0.05, 0.1) is 12.7 Å². The summed E-state index contributed by atoms with van der Waals surface area (Å²) in [6.45, 7) is 3.52. The summed E-state index contributed by atoms with van der Waals surface area (Å²) in [4.78, 5) is 9.31. The van der Waals surface area contributed by atoms with Gasteiger partial charge in [0.25, 0.3) is 0 Å². The first-order valence-electron chi connectivity index (χ1n) is 4.34. The molecule has 2 rings (SSSR count). The minimum absolute atomic E-state index is 0.693. The second-order valence-corrected chi connectivity index (χ2v) is 4.26. The Kier molecular flexibility index (Phi) is 2.90. The summed E-state index contributed by atoms with van der Waals surface area (Å²) in [7, 11) is 0. The third-order valence-electron chi connectivity index (χ3n) is 1.73. The number of hydrogen-bond donors (Lipinski definition) is 1. The van der Waals surface area contributed by atoms with Gasteiger partial charge in [-0.25, -0.2) is 9.97 Å². The molecule has 0 unspecified atom stereocenters. The van der Waals surface area contributed by atoms with Gasteiger partial charge >= 0.3 is 0 Å². The summed E-state index contributed by atoms with van der Waals surface area (Å²) in [5, 5.41) is 4.33. The Hall–Kier alpha value is -1.20. The van der Waals surface area contributed by atoms with Crippen LogP contribution in [0.15, 0.2) is 23.2 Å². The minimum Gasteiger partial charge on any atom is -0.447 e. The Bertz CT molecular complexity index is 382. The summed E-state index contributed by atoms with van der Waals surface area (Å²) in [6.07, 6.45) is 5.03. The first kappa shape index (κ1) is 9.36. The number of aryl methyl sites for hydroxylation is 1. The molecule has 14 heavy (non-hydrogen) atoms. The van der Waals surface area contributed by atoms with Crippen LogP contribution in [0.3, 0.4) is 0 Å². The van der Waals surface area contributed by atoms with Crippen LogP contribution < -0.4 is 5.32 Å². The summed E-state index contributed by atoms with van der Waals surface area (Å²) < 4.78 is 5.09. The highest BCUT2D eigenvalue weighted by molar-refractivity contribution is 7.11. The van der Waals surface area contributed by atoms with E-state index in [0.29, 0.717) is 6.54 Å². The Morgan fingerprint density at radius 1 is 1.43 bits per heavy atom. The number of nitrogens with zero attached hydrogens (tertiary/aromatic N) is 2. The lowest BCUT2D eigenvalue weighted by Gasteiger charge is -1.97. The highest BCUT2D eigenvalue weighted by Crippen LogP contribution is 2.10. The van der Waals surface area contributed by atoms with Crippen LogP contribution in [0, 0.1) is 6.92 Å². The molecule has 0 fully saturated rings. The molecule has 0 aromatic carbocycles. The maximum Gasteiger partial charge on any atom is 0.180 e. The monoisotopic (exact) mass is 209 g/mol. The van der Waals surface area contributed by atoms with E-state index < -0.39 is 0 Å². The summed E-state index contributed by atoms with van der Waals surface area (Å²) in [5.41, 5.74) is 0. The molecule has 74 valence electrons. The van der Waals surface area contributed by atoms with Gasteiger partial charge < -0.3 is 9.73 Å². The molecule has 0 saturated heterocycles. The molecule has 0 aliphatic rings. The van der Waals surface area contributed by atoms with Crippen LogP contribution in [0.5, 0.6) is 0 Å². The van der Waals surface area contributed by atoms with Gasteiger partial charge in [0.15, 0.2) is 6.39 Å². The van der Waals surface area contributed by atoms with Crippen molar-refractivity contribution in [3.05, 3.63) is 34.4 Å². The molecular weight excluding hydrogens is 198 g/mol. The standard InChI is InChI=1S/C9H11N3OS/c1-7-2-12-9(14-7)5-10-3-8-4-11-6-13-8/h2,4,6,10H,3,5H2,1H3. The Balaban J connectivity index is 1.78. The second kappa shape index (κ2) is 4.34. The van der Waals surface area contributed by atoms with Gasteiger partial charge in [0, 0.05) is 17.6 Å². The highest BCUT2D eigenvalue weighted by atomic mass is 32.1. The van der Waals surface area contributed by atoms with Crippen molar-refractivity contribution >= 4 is 11.3 Å². The average molecular weight is 209 g/mol. The number of nitrogens with one attached hydrogen (secondary N) is 1. The van der Waals surface area contributed by atoms with Crippen molar-refractivity contribution in [3.8, 4) is 0 Å². The Labute approximate surface area is 86.0 Å². The molecule has 5 heteroatoms. The fourth-order valence-electron chi connectivity index (χ4n) is 1.11. The highest BCUT2D eigenvalue weighted by Gasteiger charge is 1.99. The van der Waals surface area contributed by atoms with Crippen molar-refractivity contribution < 1.29 is 4.42 Å². The Morgan fingerprint density at radius 2 is 2.36 bits per heavy atom. The zero-order valence-electron chi connectivity index (χ0n) is 7.86. The van der Waals surface area contributed by atoms with Crippen molar-refractivity contribution in [2.45, 2.75) is 20.0 Å². The fourth-order valence-corrected chi connectivity index (χ4v) is 1.86. The summed E-state index contributed by atoms with van der Waals surface area (Å²) >= 11 is 1.71. The molecule has 4 nitrogen and oxygen atoms in total. The molecule has 0 aliphatic heterocycles. The lowest BCUT2D eigenvalue weighted by molar-refractivity contribution is 0.479. The molecule has 2 heterocycles. The first-order chi connectivity index (χ1) is 6.84. The van der Waals surface area contributed by atoms with E-state index in [9.17, 15) is 0 Å². The van der Waals surface area contributed by atoms with Gasteiger partial charge in [-0.05, 0) is 6.92 Å². The van der Waals surface area contributed by atoms with E-state index in [1.54, 1.807) is 17.5 Å². The number of rotatable bonds is 4. The SMILES string of the molecule is Cc1cnc(CNCc2cnco2)s1. The molecule has 0 radical (unpaired) electrons. The van der Waals surface area contributed by atoms with Crippen LogP contribution >= 0.6 is 11.3 Å². The third-order valence-corrected chi connectivity index (χ3v) is 2.64. The molecule has 2 aromatic rings. The molecular formula is C9H11N3OS. The van der Waals surface area contributed by atoms with E-state index in [2.05, 4.69) is 22.2 Å². The second-order valence-electron chi connectivity index (χ2n) is 2.94. The van der Waals surface area contributed by atoms with Crippen LogP contribution in [0.25, 0.3) is 0 Å². The zero-order valence-corrected chi connectivity index (χ0v) is 8.67. The normalized spacial score (nSPS) is 10.6. The molecule has 0 atom stereocenters. The topological polar surface area (TPSA) is 51.0 Å².